The van der Waals surface area contributed by atoms with Gasteiger partial charge in [0, 0.05) is 37.2 Å². The van der Waals surface area contributed by atoms with Gasteiger partial charge in [0.2, 0.25) is 0 Å². The number of likely N-dealkylation sites (N-methyl/N-ethyl adjacent to an activating group) is 1. The third-order valence-corrected chi connectivity index (χ3v) is 7.09. The van der Waals surface area contributed by atoms with Crippen LogP contribution in [0.5, 0.6) is 0 Å². The van der Waals surface area contributed by atoms with Gasteiger partial charge in [-0.15, -0.1) is 0 Å². The van der Waals surface area contributed by atoms with E-state index in [1.54, 1.807) is 31.3 Å². The third kappa shape index (κ3) is 5.44. The second kappa shape index (κ2) is 9.71. The van der Waals surface area contributed by atoms with Crippen LogP contribution >= 0.6 is 15.9 Å². The van der Waals surface area contributed by atoms with Gasteiger partial charge >= 0.3 is 0 Å². The van der Waals surface area contributed by atoms with Crippen LogP contribution in [0.15, 0.2) is 38.6 Å². The van der Waals surface area contributed by atoms with Crippen molar-refractivity contribution in [2.75, 3.05) is 45.5 Å². The zero-order valence-electron chi connectivity index (χ0n) is 15.8. The molecule has 146 valence electrons. The second-order valence-electron chi connectivity index (χ2n) is 6.36. The van der Waals surface area contributed by atoms with E-state index in [0.29, 0.717) is 17.5 Å². The Bertz CT molecular complexity index is 702. The largest absolute Gasteiger partial charge is 0.355 e. The molecule has 0 radical (unpaired) electrons. The van der Waals surface area contributed by atoms with Crippen molar-refractivity contribution in [2.45, 2.75) is 31.2 Å². The summed E-state index contributed by atoms with van der Waals surface area (Å²) in [6.45, 7) is 8.69. The van der Waals surface area contributed by atoms with Gasteiger partial charge < -0.3 is 10.2 Å². The van der Waals surface area contributed by atoms with Crippen LogP contribution in [0.3, 0.4) is 0 Å². The van der Waals surface area contributed by atoms with Crippen LogP contribution in [0.4, 0.5) is 0 Å². The van der Waals surface area contributed by atoms with Crippen molar-refractivity contribution in [1.29, 1.82) is 0 Å². The van der Waals surface area contributed by atoms with E-state index >= 15 is 0 Å². The molecule has 1 unspecified atom stereocenters. The summed E-state index contributed by atoms with van der Waals surface area (Å²) in [5.41, 5.74) is 0. The van der Waals surface area contributed by atoms with Gasteiger partial charge in [-0.2, -0.15) is 0 Å². The van der Waals surface area contributed by atoms with Crippen molar-refractivity contribution in [1.82, 2.24) is 15.1 Å². The number of rotatable bonds is 7. The molecule has 0 amide bonds. The van der Waals surface area contributed by atoms with E-state index in [9.17, 15) is 8.42 Å². The van der Waals surface area contributed by atoms with Crippen LogP contribution in [0.25, 0.3) is 0 Å². The lowest BCUT2D eigenvalue weighted by atomic mass is 10.2. The Balaban J connectivity index is 1.89. The summed E-state index contributed by atoms with van der Waals surface area (Å²) in [5, 5.41) is 3.21. The zero-order valence-corrected chi connectivity index (χ0v) is 18.2. The molecule has 0 bridgehead atoms. The van der Waals surface area contributed by atoms with Crippen LogP contribution in [-0.2, 0) is 9.84 Å². The van der Waals surface area contributed by atoms with E-state index < -0.39 is 9.84 Å². The SMILES string of the molecule is CCN(CC)C1CCN(C(=NC)NCCS(=O)(=O)c2ccc(Br)cc2)C1. The molecule has 26 heavy (non-hydrogen) atoms. The fourth-order valence-electron chi connectivity index (χ4n) is 3.36. The minimum atomic E-state index is -3.30. The Morgan fingerprint density at radius 1 is 1.31 bits per heavy atom. The molecule has 8 heteroatoms. The summed E-state index contributed by atoms with van der Waals surface area (Å²) >= 11 is 3.32. The second-order valence-corrected chi connectivity index (χ2v) is 9.38. The molecule has 1 aliphatic rings. The molecule has 0 aliphatic carbocycles. The predicted molar refractivity (Wildman–Crippen MR) is 110 cm³/mol. The van der Waals surface area contributed by atoms with Gasteiger partial charge in [-0.05, 0) is 43.8 Å². The number of nitrogens with one attached hydrogen (secondary N) is 1. The molecule has 1 N–H and O–H groups in total. The number of aliphatic imine (C=N–C) groups is 1. The van der Waals surface area contributed by atoms with Crippen molar-refractivity contribution in [3.63, 3.8) is 0 Å². The molecule has 6 nitrogen and oxygen atoms in total. The topological polar surface area (TPSA) is 65.0 Å². The highest BCUT2D eigenvalue weighted by molar-refractivity contribution is 9.10. The fraction of sp³-hybridized carbons (Fsp3) is 0.611. The number of guanidine groups is 1. The number of halogens is 1. The molecule has 2 rings (SSSR count). The molecule has 1 fully saturated rings. The van der Waals surface area contributed by atoms with Gasteiger partial charge in [-0.1, -0.05) is 29.8 Å². The first-order valence-corrected chi connectivity index (χ1v) is 11.5. The van der Waals surface area contributed by atoms with Crippen molar-refractivity contribution >= 4 is 31.7 Å². The van der Waals surface area contributed by atoms with Crippen LogP contribution in [0.2, 0.25) is 0 Å². The molecule has 1 saturated heterocycles. The van der Waals surface area contributed by atoms with E-state index in [1.807, 2.05) is 0 Å². The van der Waals surface area contributed by atoms with Crippen molar-refractivity contribution in [3.05, 3.63) is 28.7 Å². The molecule has 0 aromatic heterocycles. The van der Waals surface area contributed by atoms with Crippen LogP contribution < -0.4 is 5.32 Å². The molecular formula is C18H29BrN4O2S. The van der Waals surface area contributed by atoms with Gasteiger partial charge in [0.25, 0.3) is 0 Å². The Hall–Kier alpha value is -1.12. The van der Waals surface area contributed by atoms with E-state index in [2.05, 4.69) is 49.9 Å². The maximum absolute atomic E-state index is 12.4. The molecule has 1 heterocycles. The van der Waals surface area contributed by atoms with Gasteiger partial charge in [-0.3, -0.25) is 9.89 Å². The number of benzene rings is 1. The zero-order chi connectivity index (χ0) is 19.2. The maximum Gasteiger partial charge on any atom is 0.193 e. The summed E-state index contributed by atoms with van der Waals surface area (Å²) in [4.78, 5) is 9.36. The van der Waals surface area contributed by atoms with E-state index in [1.165, 1.54) is 0 Å². The summed E-state index contributed by atoms with van der Waals surface area (Å²) in [7, 11) is -1.56. The summed E-state index contributed by atoms with van der Waals surface area (Å²) in [6, 6.07) is 7.29. The highest BCUT2D eigenvalue weighted by Crippen LogP contribution is 2.17. The Morgan fingerprint density at radius 2 is 1.96 bits per heavy atom. The minimum absolute atomic E-state index is 0.0426. The van der Waals surface area contributed by atoms with Crippen molar-refractivity contribution in [2.24, 2.45) is 4.99 Å². The number of sulfone groups is 1. The Kier molecular flexibility index (Phi) is 7.91. The highest BCUT2D eigenvalue weighted by Gasteiger charge is 2.28. The van der Waals surface area contributed by atoms with Gasteiger partial charge in [0.15, 0.2) is 15.8 Å². The van der Waals surface area contributed by atoms with E-state index in [-0.39, 0.29) is 5.75 Å². The third-order valence-electron chi connectivity index (χ3n) is 4.83. The first-order valence-electron chi connectivity index (χ1n) is 9.09. The summed E-state index contributed by atoms with van der Waals surface area (Å²) < 4.78 is 25.7. The molecule has 0 spiro atoms. The minimum Gasteiger partial charge on any atom is -0.355 e. The Morgan fingerprint density at radius 3 is 2.54 bits per heavy atom. The number of hydrogen-bond donors (Lipinski definition) is 1. The van der Waals surface area contributed by atoms with E-state index in [0.717, 1.165) is 43.0 Å². The normalized spacial score (nSPS) is 18.6. The first-order chi connectivity index (χ1) is 12.4. The summed E-state index contributed by atoms with van der Waals surface area (Å²) in [6.07, 6.45) is 1.11. The standard InChI is InChI=1S/C18H29BrN4O2S/c1-4-22(5-2)16-10-12-23(14-16)18(20-3)21-11-13-26(24,25)17-8-6-15(19)7-9-17/h6-9,16H,4-5,10-14H2,1-3H3,(H,20,21). The number of hydrogen-bond acceptors (Lipinski definition) is 4. The van der Waals surface area contributed by atoms with E-state index in [4.69, 9.17) is 0 Å². The van der Waals surface area contributed by atoms with Crippen molar-refractivity contribution < 1.29 is 8.42 Å². The quantitative estimate of drug-likeness (QED) is 0.515. The monoisotopic (exact) mass is 444 g/mol. The molecule has 1 aliphatic heterocycles. The molecule has 1 aromatic rings. The number of likely N-dealkylation sites (tertiary alicyclic amines) is 1. The highest BCUT2D eigenvalue weighted by atomic mass is 79.9. The molecule has 1 aromatic carbocycles. The lowest BCUT2D eigenvalue weighted by Gasteiger charge is -2.27. The smallest absolute Gasteiger partial charge is 0.193 e. The molecule has 1 atom stereocenters. The predicted octanol–water partition coefficient (Wildman–Crippen LogP) is 2.21. The maximum atomic E-state index is 12.4. The lowest BCUT2D eigenvalue weighted by molar-refractivity contribution is 0.223. The van der Waals surface area contributed by atoms with Gasteiger partial charge in [0.1, 0.15) is 0 Å². The van der Waals surface area contributed by atoms with Crippen molar-refractivity contribution in [3.8, 4) is 0 Å². The average Bonchev–Trinajstić information content (AvgIpc) is 3.10. The van der Waals surface area contributed by atoms with Crippen LogP contribution in [-0.4, -0.2) is 75.7 Å². The molecular weight excluding hydrogens is 416 g/mol. The lowest BCUT2D eigenvalue weighted by Crippen LogP contribution is -2.44. The van der Waals surface area contributed by atoms with Crippen LogP contribution in [0, 0.1) is 0 Å². The van der Waals surface area contributed by atoms with Gasteiger partial charge in [0.05, 0.1) is 10.6 Å². The Labute approximate surface area is 165 Å². The van der Waals surface area contributed by atoms with Gasteiger partial charge in [-0.25, -0.2) is 8.42 Å². The average molecular weight is 445 g/mol. The first kappa shape index (κ1) is 21.2. The van der Waals surface area contributed by atoms with Crippen LogP contribution in [0.1, 0.15) is 20.3 Å². The number of nitrogens with zero attached hydrogens (tertiary/aromatic N) is 3. The fourth-order valence-corrected chi connectivity index (χ4v) is 4.78. The molecule has 0 saturated carbocycles. The summed E-state index contributed by atoms with van der Waals surface area (Å²) in [5.74, 6) is 0.826.